The van der Waals surface area contributed by atoms with Crippen molar-refractivity contribution >= 4 is 5.97 Å². The minimum absolute atomic E-state index is 0.247. The smallest absolute Gasteiger partial charge is 0.303 e. The Morgan fingerprint density at radius 3 is 2.40 bits per heavy atom. The molecule has 0 aliphatic rings. The zero-order valence-electron chi connectivity index (χ0n) is 9.36. The molecule has 1 rings (SSSR count). The van der Waals surface area contributed by atoms with E-state index in [0.717, 1.165) is 6.42 Å². The van der Waals surface area contributed by atoms with Gasteiger partial charge in [-0.25, -0.2) is 0 Å². The average Bonchev–Trinajstić information content (AvgIpc) is 2.26. The number of hydrogen-bond donors (Lipinski definition) is 1. The summed E-state index contributed by atoms with van der Waals surface area (Å²) >= 11 is 0. The Morgan fingerprint density at radius 1 is 1.33 bits per heavy atom. The summed E-state index contributed by atoms with van der Waals surface area (Å²) in [5, 5.41) is 8.59. The Bertz CT molecular complexity index is 314. The maximum Gasteiger partial charge on any atom is 0.303 e. The highest BCUT2D eigenvalue weighted by Gasteiger charge is 2.07. The molecule has 0 saturated heterocycles. The summed E-state index contributed by atoms with van der Waals surface area (Å²) in [6.07, 6.45) is 2.00. The molecular weight excluding hydrogens is 188 g/mol. The number of benzene rings is 1. The molecular formula is C13H18O2. The molecule has 0 aliphatic heterocycles. The van der Waals surface area contributed by atoms with Crippen LogP contribution in [0.15, 0.2) is 24.3 Å². The molecule has 1 aromatic rings. The van der Waals surface area contributed by atoms with Crippen molar-refractivity contribution in [3.05, 3.63) is 35.4 Å². The number of hydrogen-bond acceptors (Lipinski definition) is 1. The molecule has 1 N–H and O–H groups in total. The fraction of sp³-hybridized carbons (Fsp3) is 0.462. The fourth-order valence-corrected chi connectivity index (χ4v) is 1.59. The number of carboxylic acid groups (broad SMARTS) is 1. The van der Waals surface area contributed by atoms with Gasteiger partial charge in [0.05, 0.1) is 0 Å². The Balaban J connectivity index is 2.57. The van der Waals surface area contributed by atoms with E-state index in [9.17, 15) is 4.79 Å². The topological polar surface area (TPSA) is 37.3 Å². The molecule has 1 atom stereocenters. The Labute approximate surface area is 90.9 Å². The molecule has 0 saturated carbocycles. The maximum absolute atomic E-state index is 10.4. The van der Waals surface area contributed by atoms with E-state index in [2.05, 4.69) is 38.1 Å². The highest BCUT2D eigenvalue weighted by Crippen LogP contribution is 2.20. The van der Waals surface area contributed by atoms with E-state index < -0.39 is 5.97 Å². The van der Waals surface area contributed by atoms with Crippen LogP contribution in [-0.2, 0) is 11.2 Å². The van der Waals surface area contributed by atoms with Gasteiger partial charge in [0.15, 0.2) is 0 Å². The first-order valence-corrected chi connectivity index (χ1v) is 5.44. The van der Waals surface area contributed by atoms with Crippen molar-refractivity contribution in [2.24, 2.45) is 0 Å². The summed E-state index contributed by atoms with van der Waals surface area (Å²) in [5.74, 6) is -0.390. The first-order chi connectivity index (χ1) is 7.13. The molecule has 0 spiro atoms. The molecule has 15 heavy (non-hydrogen) atoms. The summed E-state index contributed by atoms with van der Waals surface area (Å²) in [6.45, 7) is 4.20. The Morgan fingerprint density at radius 2 is 1.93 bits per heavy atom. The minimum Gasteiger partial charge on any atom is -0.481 e. The lowest BCUT2D eigenvalue weighted by Gasteiger charge is -2.10. The van der Waals surface area contributed by atoms with E-state index in [1.807, 2.05) is 0 Å². The van der Waals surface area contributed by atoms with E-state index in [0.29, 0.717) is 12.3 Å². The van der Waals surface area contributed by atoms with Gasteiger partial charge in [0.2, 0.25) is 0 Å². The summed E-state index contributed by atoms with van der Waals surface area (Å²) in [6, 6.07) is 8.44. The lowest BCUT2D eigenvalue weighted by Crippen LogP contribution is -2.00. The minimum atomic E-state index is -0.716. The molecule has 0 aromatic heterocycles. The van der Waals surface area contributed by atoms with Crippen molar-refractivity contribution in [3.8, 4) is 0 Å². The van der Waals surface area contributed by atoms with Gasteiger partial charge in [-0.1, -0.05) is 38.1 Å². The van der Waals surface area contributed by atoms with Crippen LogP contribution in [0.25, 0.3) is 0 Å². The number of rotatable bonds is 5. The third-order valence-corrected chi connectivity index (χ3v) is 2.75. The Hall–Kier alpha value is -1.31. The van der Waals surface area contributed by atoms with Crippen LogP contribution in [0.4, 0.5) is 0 Å². The molecule has 82 valence electrons. The molecule has 2 heteroatoms. The Kier molecular flexibility index (Phi) is 4.35. The summed E-state index contributed by atoms with van der Waals surface area (Å²) in [7, 11) is 0. The van der Waals surface area contributed by atoms with Crippen molar-refractivity contribution in [1.82, 2.24) is 0 Å². The van der Waals surface area contributed by atoms with Crippen LogP contribution in [-0.4, -0.2) is 11.1 Å². The van der Waals surface area contributed by atoms with Gasteiger partial charge in [-0.05, 0) is 29.9 Å². The van der Waals surface area contributed by atoms with Crippen molar-refractivity contribution in [3.63, 3.8) is 0 Å². The zero-order chi connectivity index (χ0) is 11.3. The molecule has 1 aromatic carbocycles. The SMILES string of the molecule is CCc1ccc([C@@H](C)CCC(=O)O)cc1. The van der Waals surface area contributed by atoms with Gasteiger partial charge in [-0.3, -0.25) is 4.79 Å². The number of carboxylic acids is 1. The van der Waals surface area contributed by atoms with Crippen LogP contribution in [0.1, 0.15) is 43.7 Å². The molecule has 0 heterocycles. The van der Waals surface area contributed by atoms with Crippen molar-refractivity contribution < 1.29 is 9.90 Å². The van der Waals surface area contributed by atoms with Gasteiger partial charge in [0.1, 0.15) is 0 Å². The molecule has 0 bridgehead atoms. The molecule has 2 nitrogen and oxygen atoms in total. The highest BCUT2D eigenvalue weighted by atomic mass is 16.4. The second-order valence-corrected chi connectivity index (χ2v) is 3.93. The van der Waals surface area contributed by atoms with Crippen LogP contribution < -0.4 is 0 Å². The lowest BCUT2D eigenvalue weighted by molar-refractivity contribution is -0.137. The van der Waals surface area contributed by atoms with Crippen LogP contribution >= 0.6 is 0 Å². The van der Waals surface area contributed by atoms with Gasteiger partial charge in [0.25, 0.3) is 0 Å². The van der Waals surface area contributed by atoms with Crippen molar-refractivity contribution in [2.45, 2.75) is 39.0 Å². The van der Waals surface area contributed by atoms with Crippen LogP contribution in [0, 0.1) is 0 Å². The standard InChI is InChI=1S/C13H18O2/c1-3-11-5-7-12(8-6-11)10(2)4-9-13(14)15/h5-8,10H,3-4,9H2,1-2H3,(H,14,15)/t10-/m0/s1. The zero-order valence-corrected chi connectivity index (χ0v) is 9.36. The van der Waals surface area contributed by atoms with E-state index in [4.69, 9.17) is 5.11 Å². The summed E-state index contributed by atoms with van der Waals surface area (Å²) in [5.41, 5.74) is 2.55. The molecule has 0 fully saturated rings. The van der Waals surface area contributed by atoms with Gasteiger partial charge >= 0.3 is 5.97 Å². The second kappa shape index (κ2) is 5.54. The summed E-state index contributed by atoms with van der Waals surface area (Å²) < 4.78 is 0. The monoisotopic (exact) mass is 206 g/mol. The third-order valence-electron chi connectivity index (χ3n) is 2.75. The van der Waals surface area contributed by atoms with Gasteiger partial charge < -0.3 is 5.11 Å². The second-order valence-electron chi connectivity index (χ2n) is 3.93. The average molecular weight is 206 g/mol. The largest absolute Gasteiger partial charge is 0.481 e. The van der Waals surface area contributed by atoms with Crippen LogP contribution in [0.5, 0.6) is 0 Å². The highest BCUT2D eigenvalue weighted by molar-refractivity contribution is 5.66. The van der Waals surface area contributed by atoms with Crippen LogP contribution in [0.2, 0.25) is 0 Å². The summed E-state index contributed by atoms with van der Waals surface area (Å²) in [4.78, 5) is 10.4. The molecule has 0 amide bonds. The van der Waals surface area contributed by atoms with Gasteiger partial charge in [-0.15, -0.1) is 0 Å². The normalized spacial score (nSPS) is 12.4. The van der Waals surface area contributed by atoms with Crippen LogP contribution in [0.3, 0.4) is 0 Å². The maximum atomic E-state index is 10.4. The quantitative estimate of drug-likeness (QED) is 0.803. The van der Waals surface area contributed by atoms with E-state index >= 15 is 0 Å². The number of aryl methyl sites for hydroxylation is 1. The van der Waals surface area contributed by atoms with Crippen molar-refractivity contribution in [1.29, 1.82) is 0 Å². The first kappa shape index (κ1) is 11.8. The third kappa shape index (κ3) is 3.74. The lowest BCUT2D eigenvalue weighted by atomic mass is 9.95. The predicted octanol–water partition coefficient (Wildman–Crippen LogP) is 3.22. The molecule has 0 radical (unpaired) electrons. The van der Waals surface area contributed by atoms with Crippen molar-refractivity contribution in [2.75, 3.05) is 0 Å². The van der Waals surface area contributed by atoms with E-state index in [-0.39, 0.29) is 6.42 Å². The number of carbonyl (C=O) groups is 1. The van der Waals surface area contributed by atoms with Gasteiger partial charge in [-0.2, -0.15) is 0 Å². The number of aliphatic carboxylic acids is 1. The fourth-order valence-electron chi connectivity index (χ4n) is 1.59. The van der Waals surface area contributed by atoms with E-state index in [1.165, 1.54) is 11.1 Å². The molecule has 0 unspecified atom stereocenters. The van der Waals surface area contributed by atoms with Gasteiger partial charge in [0, 0.05) is 6.42 Å². The van der Waals surface area contributed by atoms with E-state index in [1.54, 1.807) is 0 Å². The predicted molar refractivity (Wildman–Crippen MR) is 61.1 cm³/mol. The molecule has 0 aliphatic carbocycles. The first-order valence-electron chi connectivity index (χ1n) is 5.44.